The van der Waals surface area contributed by atoms with Crippen LogP contribution in [0.2, 0.25) is 5.02 Å². The van der Waals surface area contributed by atoms with Crippen LogP contribution in [-0.2, 0) is 11.2 Å². The molecular weight excluding hydrogens is 265 g/mol. The molecule has 2 nitrogen and oxygen atoms in total. The van der Waals surface area contributed by atoms with E-state index in [-0.39, 0.29) is 17.5 Å². The molecule has 0 aliphatic heterocycles. The summed E-state index contributed by atoms with van der Waals surface area (Å²) in [5.74, 6) is -0.237. The molecule has 0 heterocycles. The summed E-state index contributed by atoms with van der Waals surface area (Å²) < 4.78 is 18.9. The number of nitrogens with one attached hydrogen (secondary N) is 1. The molecule has 19 heavy (non-hydrogen) atoms. The van der Waals surface area contributed by atoms with E-state index in [0.717, 1.165) is 31.2 Å². The molecule has 0 aromatic heterocycles. The third-order valence-corrected chi connectivity index (χ3v) is 4.57. The Hall–Kier alpha value is -0.640. The first kappa shape index (κ1) is 14.8. The van der Waals surface area contributed by atoms with Crippen molar-refractivity contribution in [2.75, 3.05) is 14.2 Å². The fraction of sp³-hybridized carbons (Fsp3) is 0.600. The minimum absolute atomic E-state index is 0.00742. The lowest BCUT2D eigenvalue weighted by Crippen LogP contribution is -2.45. The van der Waals surface area contributed by atoms with Crippen molar-refractivity contribution in [2.24, 2.45) is 0 Å². The predicted molar refractivity (Wildman–Crippen MR) is 76.2 cm³/mol. The summed E-state index contributed by atoms with van der Waals surface area (Å²) in [7, 11) is 3.71. The fourth-order valence-electron chi connectivity index (χ4n) is 2.75. The van der Waals surface area contributed by atoms with Crippen molar-refractivity contribution < 1.29 is 9.13 Å². The van der Waals surface area contributed by atoms with Gasteiger partial charge >= 0.3 is 0 Å². The number of hydrogen-bond donors (Lipinski definition) is 1. The van der Waals surface area contributed by atoms with Crippen LogP contribution in [0.15, 0.2) is 18.2 Å². The van der Waals surface area contributed by atoms with Crippen LogP contribution in [0.4, 0.5) is 4.39 Å². The van der Waals surface area contributed by atoms with E-state index in [1.165, 1.54) is 18.6 Å². The average molecular weight is 286 g/mol. The van der Waals surface area contributed by atoms with Gasteiger partial charge in [-0.05, 0) is 62.9 Å². The number of likely N-dealkylation sites (N-methyl/N-ethyl adjacent to an activating group) is 1. The average Bonchev–Trinajstić information content (AvgIpc) is 2.36. The normalized spacial score (nSPS) is 18.9. The van der Waals surface area contributed by atoms with Gasteiger partial charge in [-0.1, -0.05) is 11.6 Å². The van der Waals surface area contributed by atoms with E-state index in [0.29, 0.717) is 5.02 Å². The lowest BCUT2D eigenvalue weighted by molar-refractivity contribution is -0.0830. The molecule has 1 aromatic carbocycles. The number of hydrogen-bond acceptors (Lipinski definition) is 2. The van der Waals surface area contributed by atoms with Gasteiger partial charge < -0.3 is 10.1 Å². The molecule has 1 atom stereocenters. The molecule has 0 saturated heterocycles. The summed E-state index contributed by atoms with van der Waals surface area (Å²) in [6.07, 6.45) is 5.10. The minimum atomic E-state index is -0.237. The van der Waals surface area contributed by atoms with E-state index in [9.17, 15) is 4.39 Å². The summed E-state index contributed by atoms with van der Waals surface area (Å²) in [5, 5.41) is 3.92. The molecule has 1 saturated carbocycles. The highest BCUT2D eigenvalue weighted by molar-refractivity contribution is 6.31. The van der Waals surface area contributed by atoms with Gasteiger partial charge in [0.15, 0.2) is 0 Å². The molecular formula is C15H21ClFNO. The van der Waals surface area contributed by atoms with Crippen LogP contribution in [-0.4, -0.2) is 25.8 Å². The Bertz CT molecular complexity index is 429. The van der Waals surface area contributed by atoms with Crippen LogP contribution < -0.4 is 5.32 Å². The maximum Gasteiger partial charge on any atom is 0.123 e. The van der Waals surface area contributed by atoms with Crippen molar-refractivity contribution in [3.63, 3.8) is 0 Å². The second-order valence-electron chi connectivity index (χ2n) is 5.37. The lowest BCUT2D eigenvalue weighted by Gasteiger charge is -2.43. The first-order valence-electron chi connectivity index (χ1n) is 6.75. The molecule has 0 bridgehead atoms. The Morgan fingerprint density at radius 2 is 2.21 bits per heavy atom. The van der Waals surface area contributed by atoms with Gasteiger partial charge in [0, 0.05) is 18.2 Å². The molecule has 1 aliphatic carbocycles. The Balaban J connectivity index is 2.04. The maximum absolute atomic E-state index is 13.3. The molecule has 1 unspecified atom stereocenters. The number of ether oxygens (including phenoxy) is 1. The van der Waals surface area contributed by atoms with Gasteiger partial charge in [0.05, 0.1) is 5.60 Å². The second kappa shape index (κ2) is 6.21. The zero-order valence-electron chi connectivity index (χ0n) is 11.5. The van der Waals surface area contributed by atoms with E-state index in [4.69, 9.17) is 16.3 Å². The Labute approximate surface area is 119 Å². The number of benzene rings is 1. The van der Waals surface area contributed by atoms with Crippen molar-refractivity contribution in [1.29, 1.82) is 0 Å². The highest BCUT2D eigenvalue weighted by Crippen LogP contribution is 2.39. The predicted octanol–water partition coefficient (Wildman–Crippen LogP) is 3.57. The zero-order valence-corrected chi connectivity index (χ0v) is 12.3. The van der Waals surface area contributed by atoms with E-state index in [1.807, 2.05) is 7.05 Å². The monoisotopic (exact) mass is 285 g/mol. The molecule has 1 aromatic rings. The molecule has 1 fully saturated rings. The van der Waals surface area contributed by atoms with Crippen molar-refractivity contribution in [3.8, 4) is 0 Å². The topological polar surface area (TPSA) is 21.3 Å². The summed E-state index contributed by atoms with van der Waals surface area (Å²) >= 11 is 6.12. The molecule has 4 heteroatoms. The van der Waals surface area contributed by atoms with Gasteiger partial charge in [0.2, 0.25) is 0 Å². The number of halogens is 2. The van der Waals surface area contributed by atoms with Crippen molar-refractivity contribution >= 4 is 11.6 Å². The third-order valence-electron chi connectivity index (χ3n) is 4.20. The van der Waals surface area contributed by atoms with Gasteiger partial charge in [-0.3, -0.25) is 0 Å². The summed E-state index contributed by atoms with van der Waals surface area (Å²) in [6, 6.07) is 4.78. The molecule has 0 spiro atoms. The summed E-state index contributed by atoms with van der Waals surface area (Å²) in [5.41, 5.74) is 0.861. The Morgan fingerprint density at radius 3 is 2.74 bits per heavy atom. The van der Waals surface area contributed by atoms with Crippen LogP contribution in [0.25, 0.3) is 0 Å². The fourth-order valence-corrected chi connectivity index (χ4v) is 2.95. The van der Waals surface area contributed by atoms with Crippen molar-refractivity contribution in [1.82, 2.24) is 5.32 Å². The highest BCUT2D eigenvalue weighted by Gasteiger charge is 2.38. The van der Waals surface area contributed by atoms with Crippen molar-refractivity contribution in [3.05, 3.63) is 34.6 Å². The quantitative estimate of drug-likeness (QED) is 0.863. The minimum Gasteiger partial charge on any atom is -0.378 e. The number of methoxy groups -OCH3 is 1. The summed E-state index contributed by atoms with van der Waals surface area (Å²) in [4.78, 5) is 0. The van der Waals surface area contributed by atoms with Crippen LogP contribution in [0.3, 0.4) is 0 Å². The van der Waals surface area contributed by atoms with E-state index >= 15 is 0 Å². The maximum atomic E-state index is 13.3. The van der Waals surface area contributed by atoms with Crippen LogP contribution >= 0.6 is 11.6 Å². The zero-order chi connectivity index (χ0) is 13.9. The molecule has 0 amide bonds. The van der Waals surface area contributed by atoms with Gasteiger partial charge in [-0.15, -0.1) is 0 Å². The van der Waals surface area contributed by atoms with Gasteiger partial charge in [0.1, 0.15) is 5.82 Å². The van der Waals surface area contributed by atoms with Crippen LogP contribution in [0.5, 0.6) is 0 Å². The Morgan fingerprint density at radius 1 is 1.47 bits per heavy atom. The first-order valence-corrected chi connectivity index (χ1v) is 7.13. The smallest absolute Gasteiger partial charge is 0.123 e. The molecule has 2 rings (SSSR count). The largest absolute Gasteiger partial charge is 0.378 e. The third kappa shape index (κ3) is 3.47. The van der Waals surface area contributed by atoms with Crippen LogP contribution in [0.1, 0.15) is 31.2 Å². The highest BCUT2D eigenvalue weighted by atomic mass is 35.5. The second-order valence-corrected chi connectivity index (χ2v) is 5.78. The lowest BCUT2D eigenvalue weighted by atomic mass is 9.75. The first-order chi connectivity index (χ1) is 9.08. The molecule has 106 valence electrons. The van der Waals surface area contributed by atoms with E-state index in [2.05, 4.69) is 5.32 Å². The van der Waals surface area contributed by atoms with Crippen LogP contribution in [0, 0.1) is 5.82 Å². The number of rotatable bonds is 6. The molecule has 1 aliphatic rings. The van der Waals surface area contributed by atoms with Crippen molar-refractivity contribution in [2.45, 2.75) is 43.7 Å². The molecule has 1 N–H and O–H groups in total. The standard InChI is InChI=1S/C15H21ClFNO/c1-18-13(10-15(19-2)6-3-7-15)9-11-8-12(17)4-5-14(11)16/h4-5,8,13,18H,3,6-7,9-10H2,1-2H3. The SMILES string of the molecule is CNC(Cc1cc(F)ccc1Cl)CC1(OC)CCC1. The van der Waals surface area contributed by atoms with Gasteiger partial charge in [0.25, 0.3) is 0 Å². The van der Waals surface area contributed by atoms with E-state index < -0.39 is 0 Å². The van der Waals surface area contributed by atoms with Gasteiger partial charge in [-0.2, -0.15) is 0 Å². The van der Waals surface area contributed by atoms with Gasteiger partial charge in [-0.25, -0.2) is 4.39 Å². The Kier molecular flexibility index (Phi) is 4.82. The van der Waals surface area contributed by atoms with E-state index in [1.54, 1.807) is 13.2 Å². The molecule has 0 radical (unpaired) electrons. The summed E-state index contributed by atoms with van der Waals surface area (Å²) in [6.45, 7) is 0.